The average molecular weight is 454 g/mol. The van der Waals surface area contributed by atoms with Crippen LogP contribution in [0.15, 0.2) is 77.7 Å². The summed E-state index contributed by atoms with van der Waals surface area (Å²) in [4.78, 5) is 24.3. The average Bonchev–Trinajstić information content (AvgIpc) is 2.76. The number of hydrogen-bond donors (Lipinski definition) is 3. The molecule has 0 radical (unpaired) electrons. The second-order valence-electron chi connectivity index (χ2n) is 6.84. The summed E-state index contributed by atoms with van der Waals surface area (Å²) in [5.41, 5.74) is 2.27. The molecule has 0 atom stereocenters. The summed E-state index contributed by atoms with van der Waals surface area (Å²) in [5.74, 6) is -0.446. The van der Waals surface area contributed by atoms with Gasteiger partial charge in [0.05, 0.1) is 28.4 Å². The molecule has 3 rings (SSSR count). The van der Waals surface area contributed by atoms with E-state index in [4.69, 9.17) is 4.74 Å². The van der Waals surface area contributed by atoms with Crippen LogP contribution in [0.5, 0.6) is 0 Å². The predicted molar refractivity (Wildman–Crippen MR) is 123 cm³/mol. The number of esters is 1. The number of anilines is 3. The fourth-order valence-electron chi connectivity index (χ4n) is 2.79. The maximum atomic E-state index is 12.7. The summed E-state index contributed by atoms with van der Waals surface area (Å²) < 4.78 is 32.8. The molecule has 2 amide bonds. The first-order chi connectivity index (χ1) is 15.3. The van der Waals surface area contributed by atoms with Crippen molar-refractivity contribution in [1.29, 1.82) is 0 Å². The zero-order valence-electron chi connectivity index (χ0n) is 17.6. The van der Waals surface area contributed by atoms with Crippen molar-refractivity contribution in [2.45, 2.75) is 18.7 Å². The molecule has 0 saturated carbocycles. The molecule has 0 unspecified atom stereocenters. The maximum absolute atomic E-state index is 12.7. The van der Waals surface area contributed by atoms with Gasteiger partial charge in [0.25, 0.3) is 10.0 Å². The van der Waals surface area contributed by atoms with E-state index in [1.54, 1.807) is 55.5 Å². The van der Waals surface area contributed by atoms with Crippen molar-refractivity contribution in [3.05, 3.63) is 83.9 Å². The minimum Gasteiger partial charge on any atom is -0.462 e. The highest BCUT2D eigenvalue weighted by molar-refractivity contribution is 7.92. The van der Waals surface area contributed by atoms with Gasteiger partial charge in [-0.15, -0.1) is 0 Å². The van der Waals surface area contributed by atoms with Gasteiger partial charge in [-0.05, 0) is 62.4 Å². The Morgan fingerprint density at radius 1 is 0.844 bits per heavy atom. The molecule has 8 nitrogen and oxygen atoms in total. The van der Waals surface area contributed by atoms with Crippen LogP contribution in [0.2, 0.25) is 0 Å². The third-order valence-corrected chi connectivity index (χ3v) is 5.79. The smallest absolute Gasteiger partial charge is 0.338 e. The lowest BCUT2D eigenvalue weighted by Crippen LogP contribution is -2.21. The third kappa shape index (κ3) is 5.86. The van der Waals surface area contributed by atoms with E-state index in [1.165, 1.54) is 24.3 Å². The molecule has 3 N–H and O–H groups in total. The molecule has 0 aliphatic rings. The molecule has 0 heterocycles. The molecule has 0 spiro atoms. The molecule has 3 aromatic rings. The topological polar surface area (TPSA) is 114 Å². The van der Waals surface area contributed by atoms with E-state index < -0.39 is 22.0 Å². The molecule has 0 aliphatic heterocycles. The Kier molecular flexibility index (Phi) is 7.11. The Bertz CT molecular complexity index is 1210. The van der Waals surface area contributed by atoms with Crippen molar-refractivity contribution in [2.24, 2.45) is 0 Å². The van der Waals surface area contributed by atoms with Crippen LogP contribution < -0.4 is 15.4 Å². The number of rotatable bonds is 7. The zero-order chi connectivity index (χ0) is 23.1. The standard InChI is InChI=1S/C23H23N3O5S/c1-3-31-22(27)17-10-12-18(13-11-17)24-23(28)25-20-6-4-5-7-21(20)26-32(29,30)19-14-8-16(2)9-15-19/h4-15,26H,3H2,1-2H3,(H2,24,25,28). The van der Waals surface area contributed by atoms with E-state index in [0.29, 0.717) is 11.3 Å². The number of carbonyl (C=O) groups is 2. The van der Waals surface area contributed by atoms with Crippen LogP contribution in [0, 0.1) is 6.92 Å². The first-order valence-electron chi connectivity index (χ1n) is 9.82. The number of urea groups is 1. The van der Waals surface area contributed by atoms with Gasteiger partial charge in [0.1, 0.15) is 0 Å². The predicted octanol–water partition coefficient (Wildman–Crippen LogP) is 4.62. The van der Waals surface area contributed by atoms with Gasteiger partial charge < -0.3 is 15.4 Å². The van der Waals surface area contributed by atoms with E-state index in [2.05, 4.69) is 15.4 Å². The van der Waals surface area contributed by atoms with Crippen LogP contribution in [0.25, 0.3) is 0 Å². The number of para-hydroxylation sites is 2. The van der Waals surface area contributed by atoms with E-state index in [9.17, 15) is 18.0 Å². The lowest BCUT2D eigenvalue weighted by molar-refractivity contribution is 0.0526. The molecule has 9 heteroatoms. The number of carbonyl (C=O) groups excluding carboxylic acids is 2. The van der Waals surface area contributed by atoms with Crippen molar-refractivity contribution in [3.8, 4) is 0 Å². The first kappa shape index (κ1) is 22.8. The summed E-state index contributed by atoms with van der Waals surface area (Å²) in [6.07, 6.45) is 0. The molecule has 0 aromatic heterocycles. The van der Waals surface area contributed by atoms with Crippen LogP contribution >= 0.6 is 0 Å². The molecular weight excluding hydrogens is 430 g/mol. The summed E-state index contributed by atoms with van der Waals surface area (Å²) in [5, 5.41) is 5.27. The van der Waals surface area contributed by atoms with Gasteiger partial charge in [-0.25, -0.2) is 18.0 Å². The number of hydrogen-bond acceptors (Lipinski definition) is 5. The first-order valence-corrected chi connectivity index (χ1v) is 11.3. The van der Waals surface area contributed by atoms with Crippen molar-refractivity contribution in [2.75, 3.05) is 22.0 Å². The van der Waals surface area contributed by atoms with Crippen molar-refractivity contribution in [1.82, 2.24) is 0 Å². The quantitative estimate of drug-likeness (QED) is 0.452. The van der Waals surface area contributed by atoms with Crippen LogP contribution in [0.4, 0.5) is 21.9 Å². The summed E-state index contributed by atoms with van der Waals surface area (Å²) in [6.45, 7) is 3.86. The maximum Gasteiger partial charge on any atom is 0.338 e. The van der Waals surface area contributed by atoms with Crippen molar-refractivity contribution in [3.63, 3.8) is 0 Å². The van der Waals surface area contributed by atoms with E-state index in [0.717, 1.165) is 5.56 Å². The zero-order valence-corrected chi connectivity index (χ0v) is 18.4. The number of aryl methyl sites for hydroxylation is 1. The number of ether oxygens (including phenoxy) is 1. The van der Waals surface area contributed by atoms with Crippen molar-refractivity contribution >= 4 is 39.1 Å². The Labute approximate surface area is 186 Å². The van der Waals surface area contributed by atoms with Gasteiger partial charge in [0, 0.05) is 5.69 Å². The second kappa shape index (κ2) is 9.97. The number of sulfonamides is 1. The number of benzene rings is 3. The van der Waals surface area contributed by atoms with Gasteiger partial charge in [-0.1, -0.05) is 29.8 Å². The molecular formula is C23H23N3O5S. The van der Waals surface area contributed by atoms with Crippen LogP contribution in [0.1, 0.15) is 22.8 Å². The van der Waals surface area contributed by atoms with E-state index >= 15 is 0 Å². The third-order valence-electron chi connectivity index (χ3n) is 4.40. The molecule has 3 aromatic carbocycles. The van der Waals surface area contributed by atoms with Crippen LogP contribution in [-0.2, 0) is 14.8 Å². The molecule has 0 fully saturated rings. The molecule has 0 aliphatic carbocycles. The van der Waals surface area contributed by atoms with Gasteiger partial charge in [0.2, 0.25) is 0 Å². The Morgan fingerprint density at radius 2 is 1.47 bits per heavy atom. The Morgan fingerprint density at radius 3 is 2.09 bits per heavy atom. The summed E-state index contributed by atoms with van der Waals surface area (Å²) in [7, 11) is -3.83. The fourth-order valence-corrected chi connectivity index (χ4v) is 3.87. The van der Waals surface area contributed by atoms with E-state index in [-0.39, 0.29) is 22.9 Å². The molecule has 0 saturated heterocycles. The van der Waals surface area contributed by atoms with Gasteiger partial charge in [-0.3, -0.25) is 4.72 Å². The Hall–Kier alpha value is -3.85. The van der Waals surface area contributed by atoms with Gasteiger partial charge in [-0.2, -0.15) is 0 Å². The minimum atomic E-state index is -3.83. The molecule has 166 valence electrons. The molecule has 32 heavy (non-hydrogen) atoms. The number of amides is 2. The monoisotopic (exact) mass is 453 g/mol. The summed E-state index contributed by atoms with van der Waals surface area (Å²) >= 11 is 0. The highest BCUT2D eigenvalue weighted by atomic mass is 32.2. The SMILES string of the molecule is CCOC(=O)c1ccc(NC(=O)Nc2ccccc2NS(=O)(=O)c2ccc(C)cc2)cc1. The highest BCUT2D eigenvalue weighted by Crippen LogP contribution is 2.25. The van der Waals surface area contributed by atoms with Crippen LogP contribution in [-0.4, -0.2) is 27.0 Å². The summed E-state index contributed by atoms with van der Waals surface area (Å²) in [6, 6.07) is 18.5. The highest BCUT2D eigenvalue weighted by Gasteiger charge is 2.17. The normalized spacial score (nSPS) is 10.8. The van der Waals surface area contributed by atoms with Crippen LogP contribution in [0.3, 0.4) is 0 Å². The lowest BCUT2D eigenvalue weighted by Gasteiger charge is -2.14. The fraction of sp³-hybridized carbons (Fsp3) is 0.130. The number of nitrogens with one attached hydrogen (secondary N) is 3. The van der Waals surface area contributed by atoms with Gasteiger partial charge in [0.15, 0.2) is 0 Å². The van der Waals surface area contributed by atoms with Gasteiger partial charge >= 0.3 is 12.0 Å². The van der Waals surface area contributed by atoms with E-state index in [1.807, 2.05) is 6.92 Å². The Balaban J connectivity index is 1.70. The lowest BCUT2D eigenvalue weighted by atomic mass is 10.2. The second-order valence-corrected chi connectivity index (χ2v) is 8.52. The largest absolute Gasteiger partial charge is 0.462 e. The minimum absolute atomic E-state index is 0.115. The molecule has 0 bridgehead atoms. The van der Waals surface area contributed by atoms with Crippen molar-refractivity contribution < 1.29 is 22.7 Å².